The second kappa shape index (κ2) is 8.97. The van der Waals surface area contributed by atoms with Crippen LogP contribution in [0.4, 0.5) is 11.8 Å². The molecule has 2 heterocycles. The minimum Gasteiger partial charge on any atom is -0.370 e. The van der Waals surface area contributed by atoms with Crippen LogP contribution in [0.3, 0.4) is 0 Å². The van der Waals surface area contributed by atoms with Gasteiger partial charge in [-0.25, -0.2) is 9.97 Å². The van der Waals surface area contributed by atoms with Gasteiger partial charge in [0, 0.05) is 35.8 Å². The molecule has 0 unspecified atom stereocenters. The fourth-order valence-corrected chi connectivity index (χ4v) is 2.25. The van der Waals surface area contributed by atoms with Crippen molar-refractivity contribution >= 4 is 17.7 Å². The van der Waals surface area contributed by atoms with Gasteiger partial charge in [0.1, 0.15) is 5.82 Å². The lowest BCUT2D eigenvalue weighted by atomic mass is 10.1. The van der Waals surface area contributed by atoms with E-state index < -0.39 is 0 Å². The Morgan fingerprint density at radius 2 is 2.07 bits per heavy atom. The number of carbonyl (C=O) groups excluding carboxylic acids is 1. The molecule has 1 aromatic carbocycles. The fourth-order valence-electron chi connectivity index (χ4n) is 2.25. The molecule has 0 aliphatic rings. The summed E-state index contributed by atoms with van der Waals surface area (Å²) in [5, 5.41) is 13.0. The van der Waals surface area contributed by atoms with Crippen molar-refractivity contribution in [2.75, 3.05) is 18.4 Å². The summed E-state index contributed by atoms with van der Waals surface area (Å²) in [4.78, 5) is 22.6. The maximum Gasteiger partial charge on any atom is 0.273 e. The Hall–Kier alpha value is -3.91. The van der Waals surface area contributed by atoms with Crippen molar-refractivity contribution in [1.82, 2.24) is 20.4 Å². The van der Waals surface area contributed by atoms with Crippen molar-refractivity contribution in [1.29, 1.82) is 0 Å². The number of hydrogen-bond acceptors (Lipinski definition) is 7. The lowest BCUT2D eigenvalue weighted by Crippen LogP contribution is -2.26. The molecule has 0 radical (unpaired) electrons. The van der Waals surface area contributed by atoms with Gasteiger partial charge in [0.25, 0.3) is 5.91 Å². The highest BCUT2D eigenvalue weighted by molar-refractivity contribution is 5.93. The fraction of sp³-hybridized carbons (Fsp3) is 0.176. The Labute approximate surface area is 154 Å². The van der Waals surface area contributed by atoms with Gasteiger partial charge in [0.2, 0.25) is 5.95 Å². The molecule has 10 nitrogen and oxygen atoms in total. The molecule has 27 heavy (non-hydrogen) atoms. The summed E-state index contributed by atoms with van der Waals surface area (Å²) in [5.41, 5.74) is 9.47. The standard InChI is InChI=1S/C17H16N8O2/c18-25-23-17-21-10-7-15(22-17)19-8-4-9-20-16(26)13-11-14(27-24-13)12-5-2-1-3-6-12/h1-3,5-7,10-11H,4,8-9H2,(H,20,26)(H,19,21,22). The molecule has 0 spiro atoms. The predicted octanol–water partition coefficient (Wildman–Crippen LogP) is 3.31. The van der Waals surface area contributed by atoms with Gasteiger partial charge in [-0.1, -0.05) is 35.5 Å². The maximum atomic E-state index is 12.1. The summed E-state index contributed by atoms with van der Waals surface area (Å²) in [6.07, 6.45) is 2.16. The number of rotatable bonds is 8. The first-order valence-corrected chi connectivity index (χ1v) is 8.18. The number of carbonyl (C=O) groups is 1. The normalized spacial score (nSPS) is 10.1. The van der Waals surface area contributed by atoms with Crippen molar-refractivity contribution in [3.63, 3.8) is 0 Å². The smallest absolute Gasteiger partial charge is 0.273 e. The zero-order valence-electron chi connectivity index (χ0n) is 14.2. The van der Waals surface area contributed by atoms with Crippen LogP contribution in [0.25, 0.3) is 21.8 Å². The quantitative estimate of drug-likeness (QED) is 0.272. The first kappa shape index (κ1) is 17.9. The number of azide groups is 1. The molecule has 3 rings (SSSR count). The average molecular weight is 364 g/mol. The number of nitrogens with one attached hydrogen (secondary N) is 2. The molecule has 0 bridgehead atoms. The van der Waals surface area contributed by atoms with Crippen LogP contribution < -0.4 is 10.6 Å². The van der Waals surface area contributed by atoms with Gasteiger partial charge in [-0.15, -0.1) is 0 Å². The number of benzene rings is 1. The predicted molar refractivity (Wildman–Crippen MR) is 98.2 cm³/mol. The lowest BCUT2D eigenvalue weighted by Gasteiger charge is -2.06. The summed E-state index contributed by atoms with van der Waals surface area (Å²) in [6.45, 7) is 1.02. The van der Waals surface area contributed by atoms with Gasteiger partial charge in [-0.3, -0.25) is 4.79 Å². The number of amides is 1. The first-order chi connectivity index (χ1) is 13.3. The van der Waals surface area contributed by atoms with Crippen molar-refractivity contribution in [2.45, 2.75) is 6.42 Å². The minimum atomic E-state index is -0.298. The molecule has 136 valence electrons. The molecular formula is C17H16N8O2. The molecule has 0 aliphatic carbocycles. The van der Waals surface area contributed by atoms with Crippen LogP contribution in [0.15, 0.2) is 58.3 Å². The Morgan fingerprint density at radius 3 is 2.89 bits per heavy atom. The minimum absolute atomic E-state index is 0.0519. The van der Waals surface area contributed by atoms with E-state index in [1.807, 2.05) is 30.3 Å². The van der Waals surface area contributed by atoms with Crippen LogP contribution >= 0.6 is 0 Å². The summed E-state index contributed by atoms with van der Waals surface area (Å²) in [7, 11) is 0. The number of aromatic nitrogens is 3. The molecule has 1 amide bonds. The van der Waals surface area contributed by atoms with Crippen molar-refractivity contribution in [2.24, 2.45) is 5.11 Å². The van der Waals surface area contributed by atoms with Crippen LogP contribution in [0.2, 0.25) is 0 Å². The van der Waals surface area contributed by atoms with E-state index in [0.29, 0.717) is 31.1 Å². The van der Waals surface area contributed by atoms with Gasteiger partial charge >= 0.3 is 0 Å². The number of hydrogen-bond donors (Lipinski definition) is 2. The van der Waals surface area contributed by atoms with Crippen LogP contribution in [0, 0.1) is 0 Å². The zero-order chi connectivity index (χ0) is 18.9. The molecule has 0 fully saturated rings. The van der Waals surface area contributed by atoms with E-state index in [0.717, 1.165) is 5.56 Å². The van der Waals surface area contributed by atoms with Crippen LogP contribution in [-0.2, 0) is 0 Å². The van der Waals surface area contributed by atoms with Crippen molar-refractivity contribution in [3.05, 3.63) is 64.8 Å². The first-order valence-electron chi connectivity index (χ1n) is 8.18. The van der Waals surface area contributed by atoms with Crippen LogP contribution in [0.1, 0.15) is 16.9 Å². The Balaban J connectivity index is 1.43. The highest BCUT2D eigenvalue weighted by atomic mass is 16.5. The third-order valence-corrected chi connectivity index (χ3v) is 3.52. The van der Waals surface area contributed by atoms with Gasteiger partial charge in [-0.2, -0.15) is 0 Å². The lowest BCUT2D eigenvalue weighted by molar-refractivity contribution is 0.0944. The molecule has 2 N–H and O–H groups in total. The van der Waals surface area contributed by atoms with Crippen LogP contribution in [-0.4, -0.2) is 34.1 Å². The summed E-state index contributed by atoms with van der Waals surface area (Å²) >= 11 is 0. The van der Waals surface area contributed by atoms with Gasteiger partial charge < -0.3 is 15.2 Å². The van der Waals surface area contributed by atoms with E-state index in [9.17, 15) is 4.79 Å². The SMILES string of the molecule is [N-]=[N+]=Nc1nccc(NCCCNC(=O)c2cc(-c3ccccc3)on2)n1. The monoisotopic (exact) mass is 364 g/mol. The van der Waals surface area contributed by atoms with Crippen molar-refractivity contribution < 1.29 is 9.32 Å². The van der Waals surface area contributed by atoms with E-state index in [1.54, 1.807) is 12.1 Å². The summed E-state index contributed by atoms with van der Waals surface area (Å²) in [5.74, 6) is 0.842. The van der Waals surface area contributed by atoms with E-state index in [1.165, 1.54) is 6.20 Å². The molecule has 10 heteroatoms. The van der Waals surface area contributed by atoms with Gasteiger partial charge in [0.05, 0.1) is 0 Å². The van der Waals surface area contributed by atoms with Crippen LogP contribution in [0.5, 0.6) is 0 Å². The Morgan fingerprint density at radius 1 is 1.22 bits per heavy atom. The molecule has 0 aliphatic heterocycles. The van der Waals surface area contributed by atoms with E-state index in [4.69, 9.17) is 10.1 Å². The van der Waals surface area contributed by atoms with E-state index >= 15 is 0 Å². The summed E-state index contributed by atoms with van der Waals surface area (Å²) in [6, 6.07) is 12.7. The molecule has 0 atom stereocenters. The summed E-state index contributed by atoms with van der Waals surface area (Å²) < 4.78 is 5.22. The van der Waals surface area contributed by atoms with Gasteiger partial charge in [0.15, 0.2) is 11.5 Å². The van der Waals surface area contributed by atoms with Crippen molar-refractivity contribution in [3.8, 4) is 11.3 Å². The third-order valence-electron chi connectivity index (χ3n) is 3.52. The zero-order valence-corrected chi connectivity index (χ0v) is 14.2. The number of nitrogens with zero attached hydrogens (tertiary/aromatic N) is 6. The van der Waals surface area contributed by atoms with E-state index in [2.05, 4.69) is 35.8 Å². The Bertz CT molecular complexity index is 950. The highest BCUT2D eigenvalue weighted by Gasteiger charge is 2.12. The molecular weight excluding hydrogens is 348 g/mol. The second-order valence-corrected chi connectivity index (χ2v) is 5.41. The van der Waals surface area contributed by atoms with E-state index in [-0.39, 0.29) is 17.5 Å². The highest BCUT2D eigenvalue weighted by Crippen LogP contribution is 2.19. The molecule has 0 saturated carbocycles. The second-order valence-electron chi connectivity index (χ2n) is 5.41. The Kier molecular flexibility index (Phi) is 5.95. The largest absolute Gasteiger partial charge is 0.370 e. The molecule has 2 aromatic heterocycles. The molecule has 3 aromatic rings. The third kappa shape index (κ3) is 5.03. The average Bonchev–Trinajstić information content (AvgIpc) is 3.19. The molecule has 0 saturated heterocycles. The maximum absolute atomic E-state index is 12.1. The van der Waals surface area contributed by atoms with Gasteiger partial charge in [-0.05, 0) is 23.1 Å². The number of anilines is 1. The topological polar surface area (TPSA) is 142 Å².